The number of nitrogens with zero attached hydrogens (tertiary/aromatic N) is 5. The molecule has 0 unspecified atom stereocenters. The molecule has 6 nitrogen and oxygen atoms in total. The average Bonchev–Trinajstić information content (AvgIpc) is 2.99. The summed E-state index contributed by atoms with van der Waals surface area (Å²) in [5, 5.41) is 4.73. The van der Waals surface area contributed by atoms with Gasteiger partial charge in [0, 0.05) is 38.4 Å². The fraction of sp³-hybridized carbons (Fsp3) is 0.421. The Morgan fingerprint density at radius 2 is 2.12 bits per heavy atom. The third-order valence-electron chi connectivity index (χ3n) is 4.92. The molecule has 0 bridgehead atoms. The molecule has 1 fully saturated rings. The molecule has 0 amide bonds. The van der Waals surface area contributed by atoms with Gasteiger partial charge in [-0.3, -0.25) is 4.90 Å². The van der Waals surface area contributed by atoms with Crippen LogP contribution in [0.15, 0.2) is 36.7 Å². The van der Waals surface area contributed by atoms with E-state index < -0.39 is 0 Å². The second kappa shape index (κ2) is 6.80. The number of aromatic nitrogens is 4. The predicted octanol–water partition coefficient (Wildman–Crippen LogP) is 2.75. The van der Waals surface area contributed by atoms with Gasteiger partial charge in [-0.25, -0.2) is 14.6 Å². The molecular formula is C19H23N5O. The third-order valence-corrected chi connectivity index (χ3v) is 4.92. The summed E-state index contributed by atoms with van der Waals surface area (Å²) in [6.45, 7) is 3.05. The van der Waals surface area contributed by atoms with E-state index in [0.29, 0.717) is 5.92 Å². The van der Waals surface area contributed by atoms with E-state index in [1.165, 1.54) is 12.0 Å². The van der Waals surface area contributed by atoms with Crippen molar-refractivity contribution in [2.75, 3.05) is 20.2 Å². The minimum Gasteiger partial charge on any atom is -0.497 e. The number of benzene rings is 1. The summed E-state index contributed by atoms with van der Waals surface area (Å²) in [6, 6.07) is 8.32. The number of methoxy groups -OCH3 is 1. The molecule has 2 aromatic heterocycles. The first-order valence-corrected chi connectivity index (χ1v) is 8.73. The van der Waals surface area contributed by atoms with Crippen LogP contribution in [0.4, 0.5) is 0 Å². The number of ether oxygens (including phenoxy) is 1. The summed E-state index contributed by atoms with van der Waals surface area (Å²) in [5.74, 6) is 1.32. The summed E-state index contributed by atoms with van der Waals surface area (Å²) >= 11 is 0. The fourth-order valence-corrected chi connectivity index (χ4v) is 3.73. The van der Waals surface area contributed by atoms with E-state index >= 15 is 0 Å². The molecule has 3 heterocycles. The van der Waals surface area contributed by atoms with Crippen molar-refractivity contribution in [2.45, 2.75) is 25.3 Å². The Labute approximate surface area is 147 Å². The number of rotatable bonds is 4. The normalized spacial score (nSPS) is 18.6. The Hall–Kier alpha value is -2.47. The Morgan fingerprint density at radius 1 is 1.24 bits per heavy atom. The van der Waals surface area contributed by atoms with Crippen molar-refractivity contribution < 1.29 is 4.74 Å². The molecule has 1 saturated heterocycles. The Morgan fingerprint density at radius 3 is 3.00 bits per heavy atom. The Bertz CT molecular complexity index is 875. The molecule has 25 heavy (non-hydrogen) atoms. The Balaban J connectivity index is 1.54. The molecular weight excluding hydrogens is 314 g/mol. The molecule has 3 aromatic rings. The van der Waals surface area contributed by atoms with E-state index in [1.807, 2.05) is 17.8 Å². The van der Waals surface area contributed by atoms with Gasteiger partial charge in [-0.15, -0.1) is 0 Å². The van der Waals surface area contributed by atoms with Gasteiger partial charge in [0.15, 0.2) is 5.65 Å². The largest absolute Gasteiger partial charge is 0.497 e. The van der Waals surface area contributed by atoms with E-state index in [1.54, 1.807) is 19.5 Å². The quantitative estimate of drug-likeness (QED) is 0.733. The van der Waals surface area contributed by atoms with Gasteiger partial charge in [-0.1, -0.05) is 12.1 Å². The predicted molar refractivity (Wildman–Crippen MR) is 96.6 cm³/mol. The average molecular weight is 337 g/mol. The highest BCUT2D eigenvalue weighted by Gasteiger charge is 2.26. The zero-order valence-electron chi connectivity index (χ0n) is 14.7. The summed E-state index contributed by atoms with van der Waals surface area (Å²) in [5.41, 5.74) is 4.17. The van der Waals surface area contributed by atoms with Crippen LogP contribution in [-0.4, -0.2) is 44.8 Å². The molecule has 0 N–H and O–H groups in total. The van der Waals surface area contributed by atoms with Crippen LogP contribution in [0.25, 0.3) is 11.2 Å². The first-order chi connectivity index (χ1) is 12.2. The van der Waals surface area contributed by atoms with E-state index in [4.69, 9.17) is 9.84 Å². The van der Waals surface area contributed by atoms with Crippen LogP contribution in [-0.2, 0) is 13.6 Å². The smallest absolute Gasteiger partial charge is 0.176 e. The monoisotopic (exact) mass is 337 g/mol. The number of hydrogen-bond donors (Lipinski definition) is 0. The van der Waals surface area contributed by atoms with E-state index in [9.17, 15) is 0 Å². The highest BCUT2D eigenvalue weighted by Crippen LogP contribution is 2.30. The van der Waals surface area contributed by atoms with Crippen LogP contribution in [0.2, 0.25) is 0 Å². The lowest BCUT2D eigenvalue weighted by Crippen LogP contribution is -2.34. The van der Waals surface area contributed by atoms with Crippen LogP contribution in [0.3, 0.4) is 0 Å². The lowest BCUT2D eigenvalue weighted by Gasteiger charge is -2.32. The number of aryl methyl sites for hydroxylation is 1. The molecule has 0 spiro atoms. The maximum absolute atomic E-state index is 5.34. The molecule has 0 aliphatic carbocycles. The van der Waals surface area contributed by atoms with Crippen molar-refractivity contribution in [3.8, 4) is 5.75 Å². The molecule has 1 aliphatic heterocycles. The lowest BCUT2D eigenvalue weighted by atomic mass is 9.94. The van der Waals surface area contributed by atoms with Gasteiger partial charge >= 0.3 is 0 Å². The molecule has 130 valence electrons. The molecule has 4 rings (SSSR count). The van der Waals surface area contributed by atoms with Gasteiger partial charge in [0.25, 0.3) is 0 Å². The standard InChI is InChI=1S/C19H23N5O/c1-23-19-18(20-8-9-21-19)17(22-23)15-6-4-10-24(13-15)12-14-5-3-7-16(11-14)25-2/h3,5,7-9,11,15H,4,6,10,12-13H2,1-2H3/t15-/m0/s1. The topological polar surface area (TPSA) is 56.1 Å². The van der Waals surface area contributed by atoms with Crippen molar-refractivity contribution >= 4 is 11.2 Å². The zero-order valence-corrected chi connectivity index (χ0v) is 14.7. The second-order valence-corrected chi connectivity index (χ2v) is 6.66. The van der Waals surface area contributed by atoms with E-state index in [0.717, 1.165) is 48.7 Å². The van der Waals surface area contributed by atoms with Gasteiger partial charge in [0.05, 0.1) is 12.8 Å². The van der Waals surface area contributed by atoms with Gasteiger partial charge in [0.1, 0.15) is 11.3 Å². The molecule has 1 aromatic carbocycles. The van der Waals surface area contributed by atoms with Crippen LogP contribution in [0, 0.1) is 0 Å². The minimum absolute atomic E-state index is 0.403. The molecule has 0 radical (unpaired) electrons. The molecule has 6 heteroatoms. The lowest BCUT2D eigenvalue weighted by molar-refractivity contribution is 0.198. The van der Waals surface area contributed by atoms with Crippen molar-refractivity contribution in [1.82, 2.24) is 24.6 Å². The number of piperidine rings is 1. The first kappa shape index (κ1) is 16.0. The number of likely N-dealkylation sites (tertiary alicyclic amines) is 1. The molecule has 1 atom stereocenters. The summed E-state index contributed by atoms with van der Waals surface area (Å²) in [6.07, 6.45) is 5.80. The molecule has 1 aliphatic rings. The van der Waals surface area contributed by atoms with Crippen LogP contribution in [0.1, 0.15) is 30.0 Å². The second-order valence-electron chi connectivity index (χ2n) is 6.66. The van der Waals surface area contributed by atoms with Gasteiger partial charge in [-0.2, -0.15) is 5.10 Å². The van der Waals surface area contributed by atoms with Crippen molar-refractivity contribution in [2.24, 2.45) is 7.05 Å². The van der Waals surface area contributed by atoms with Crippen LogP contribution in [0.5, 0.6) is 5.75 Å². The highest BCUT2D eigenvalue weighted by atomic mass is 16.5. The molecule has 0 saturated carbocycles. The summed E-state index contributed by atoms with van der Waals surface area (Å²) in [7, 11) is 3.65. The SMILES string of the molecule is COc1cccc(CN2CCC[C@H](c3nn(C)c4nccnc34)C2)c1. The van der Waals surface area contributed by atoms with Crippen molar-refractivity contribution in [3.63, 3.8) is 0 Å². The third kappa shape index (κ3) is 3.22. The summed E-state index contributed by atoms with van der Waals surface area (Å²) in [4.78, 5) is 11.4. The van der Waals surface area contributed by atoms with Crippen molar-refractivity contribution in [3.05, 3.63) is 47.9 Å². The summed E-state index contributed by atoms with van der Waals surface area (Å²) < 4.78 is 7.18. The maximum Gasteiger partial charge on any atom is 0.176 e. The Kier molecular flexibility index (Phi) is 4.36. The number of hydrogen-bond acceptors (Lipinski definition) is 5. The van der Waals surface area contributed by atoms with Crippen molar-refractivity contribution in [1.29, 1.82) is 0 Å². The minimum atomic E-state index is 0.403. The van der Waals surface area contributed by atoms with Crippen LogP contribution < -0.4 is 4.74 Å². The van der Waals surface area contributed by atoms with Gasteiger partial charge < -0.3 is 4.74 Å². The van der Waals surface area contributed by atoms with E-state index in [2.05, 4.69) is 33.1 Å². The zero-order chi connectivity index (χ0) is 17.2. The van der Waals surface area contributed by atoms with Crippen LogP contribution >= 0.6 is 0 Å². The van der Waals surface area contributed by atoms with Gasteiger partial charge in [-0.05, 0) is 37.1 Å². The fourth-order valence-electron chi connectivity index (χ4n) is 3.73. The van der Waals surface area contributed by atoms with E-state index in [-0.39, 0.29) is 0 Å². The number of fused-ring (bicyclic) bond motifs is 1. The first-order valence-electron chi connectivity index (χ1n) is 8.73. The highest BCUT2D eigenvalue weighted by molar-refractivity contribution is 5.73. The van der Waals surface area contributed by atoms with Gasteiger partial charge in [0.2, 0.25) is 0 Å². The maximum atomic E-state index is 5.34.